The fraction of sp³-hybridized carbons (Fsp3) is 0.450. The second kappa shape index (κ2) is 7.64. The smallest absolute Gasteiger partial charge is 0.224 e. The first kappa shape index (κ1) is 17.4. The largest absolute Gasteiger partial charge is 0.354 e. The van der Waals surface area contributed by atoms with E-state index in [2.05, 4.69) is 53.3 Å². The van der Waals surface area contributed by atoms with Gasteiger partial charge in [-0.25, -0.2) is 0 Å². The van der Waals surface area contributed by atoms with E-state index in [0.29, 0.717) is 19.0 Å². The molecule has 132 valence electrons. The molecule has 3 rings (SSSR count). The van der Waals surface area contributed by atoms with E-state index in [0.717, 1.165) is 30.8 Å². The van der Waals surface area contributed by atoms with Gasteiger partial charge in [0.1, 0.15) is 0 Å². The third-order valence-corrected chi connectivity index (χ3v) is 4.94. The van der Waals surface area contributed by atoms with Gasteiger partial charge in [-0.3, -0.25) is 4.79 Å². The van der Waals surface area contributed by atoms with Crippen LogP contribution in [0.15, 0.2) is 30.5 Å². The van der Waals surface area contributed by atoms with Gasteiger partial charge in [0.05, 0.1) is 6.42 Å². The van der Waals surface area contributed by atoms with Gasteiger partial charge < -0.3 is 10.2 Å². The summed E-state index contributed by atoms with van der Waals surface area (Å²) >= 11 is 0. The summed E-state index contributed by atoms with van der Waals surface area (Å²) in [7, 11) is 0. The number of aromatic nitrogens is 2. The van der Waals surface area contributed by atoms with E-state index >= 15 is 0 Å². The van der Waals surface area contributed by atoms with Crippen molar-refractivity contribution in [1.29, 1.82) is 0 Å². The Bertz CT molecular complexity index is 722. The van der Waals surface area contributed by atoms with Gasteiger partial charge in [-0.1, -0.05) is 17.7 Å². The van der Waals surface area contributed by atoms with Gasteiger partial charge in [0, 0.05) is 25.3 Å². The fourth-order valence-electron chi connectivity index (χ4n) is 3.74. The maximum Gasteiger partial charge on any atom is 0.224 e. The van der Waals surface area contributed by atoms with Crippen molar-refractivity contribution in [3.8, 4) is 0 Å². The molecular formula is C20H26N4O. The van der Waals surface area contributed by atoms with Crippen LogP contribution in [0.3, 0.4) is 0 Å². The normalized spacial score (nSPS) is 16.9. The quantitative estimate of drug-likeness (QED) is 0.911. The fourth-order valence-corrected chi connectivity index (χ4v) is 3.74. The molecule has 2 aromatic rings. The van der Waals surface area contributed by atoms with Crippen LogP contribution in [0.25, 0.3) is 0 Å². The van der Waals surface area contributed by atoms with Gasteiger partial charge in [0.25, 0.3) is 0 Å². The van der Waals surface area contributed by atoms with Crippen LogP contribution in [0.2, 0.25) is 0 Å². The molecule has 0 spiro atoms. The zero-order valence-electron chi connectivity index (χ0n) is 15.2. The lowest BCUT2D eigenvalue weighted by atomic mass is 9.97. The Hall–Kier alpha value is -2.43. The lowest BCUT2D eigenvalue weighted by molar-refractivity contribution is -0.120. The second-order valence-electron chi connectivity index (χ2n) is 6.93. The maximum absolute atomic E-state index is 12.4. The average Bonchev–Trinajstić information content (AvgIpc) is 3.05. The molecule has 1 aliphatic heterocycles. The van der Waals surface area contributed by atoms with Crippen molar-refractivity contribution in [2.75, 3.05) is 18.0 Å². The van der Waals surface area contributed by atoms with Crippen molar-refractivity contribution in [3.05, 3.63) is 52.7 Å². The van der Waals surface area contributed by atoms with Crippen LogP contribution in [-0.2, 0) is 11.2 Å². The van der Waals surface area contributed by atoms with Crippen molar-refractivity contribution in [1.82, 2.24) is 15.5 Å². The zero-order chi connectivity index (χ0) is 17.8. The Kier molecular flexibility index (Phi) is 5.31. The molecule has 1 N–H and O–H groups in total. The Morgan fingerprint density at radius 2 is 2.04 bits per heavy atom. The van der Waals surface area contributed by atoms with E-state index in [9.17, 15) is 4.79 Å². The number of rotatable bonds is 5. The summed E-state index contributed by atoms with van der Waals surface area (Å²) in [5, 5.41) is 11.3. The second-order valence-corrected chi connectivity index (χ2v) is 6.93. The molecule has 1 aromatic heterocycles. The number of anilines is 1. The molecule has 0 aliphatic carbocycles. The van der Waals surface area contributed by atoms with E-state index < -0.39 is 0 Å². The predicted molar refractivity (Wildman–Crippen MR) is 99.8 cm³/mol. The number of nitrogens with zero attached hydrogens (tertiary/aromatic N) is 3. The molecular weight excluding hydrogens is 312 g/mol. The maximum atomic E-state index is 12.4. The number of hydrogen-bond acceptors (Lipinski definition) is 4. The van der Waals surface area contributed by atoms with Crippen LogP contribution in [0.4, 0.5) is 5.82 Å². The summed E-state index contributed by atoms with van der Waals surface area (Å²) in [5.74, 6) is 0.977. The summed E-state index contributed by atoms with van der Waals surface area (Å²) in [6.07, 6.45) is 4.31. The third-order valence-electron chi connectivity index (χ3n) is 4.94. The molecule has 0 bridgehead atoms. The number of carbonyl (C=O) groups excluding carboxylic acids is 1. The molecule has 5 nitrogen and oxygen atoms in total. The highest BCUT2D eigenvalue weighted by molar-refractivity contribution is 5.79. The molecule has 0 saturated carbocycles. The Morgan fingerprint density at radius 3 is 2.72 bits per heavy atom. The minimum absolute atomic E-state index is 0.0843. The van der Waals surface area contributed by atoms with Gasteiger partial charge in [-0.15, -0.1) is 5.10 Å². The Morgan fingerprint density at radius 1 is 1.28 bits per heavy atom. The molecule has 1 aliphatic rings. The topological polar surface area (TPSA) is 58.1 Å². The van der Waals surface area contributed by atoms with Gasteiger partial charge >= 0.3 is 0 Å². The third kappa shape index (κ3) is 4.16. The van der Waals surface area contributed by atoms with E-state index in [4.69, 9.17) is 0 Å². The highest BCUT2D eigenvalue weighted by atomic mass is 16.1. The predicted octanol–water partition coefficient (Wildman–Crippen LogP) is 2.73. The number of aryl methyl sites for hydroxylation is 3. The standard InChI is InChI=1S/C20H26N4O/c1-14-10-15(2)18(16(3)11-14)12-20(25)21-13-17-6-5-9-24(17)19-7-4-8-22-23-19/h4,7-8,10-11,17H,5-6,9,12-13H2,1-3H3,(H,21,25)/t17-/m0/s1. The molecule has 1 saturated heterocycles. The van der Waals surface area contributed by atoms with Crippen molar-refractivity contribution in [2.24, 2.45) is 0 Å². The van der Waals surface area contributed by atoms with Crippen LogP contribution in [0.1, 0.15) is 35.1 Å². The van der Waals surface area contributed by atoms with Crippen LogP contribution in [-0.4, -0.2) is 35.2 Å². The highest BCUT2D eigenvalue weighted by Gasteiger charge is 2.26. The summed E-state index contributed by atoms with van der Waals surface area (Å²) in [4.78, 5) is 14.7. The van der Waals surface area contributed by atoms with Crippen molar-refractivity contribution < 1.29 is 4.79 Å². The molecule has 5 heteroatoms. The van der Waals surface area contributed by atoms with E-state index in [-0.39, 0.29) is 5.91 Å². The molecule has 0 radical (unpaired) electrons. The molecule has 1 aromatic carbocycles. The number of carbonyl (C=O) groups is 1. The summed E-state index contributed by atoms with van der Waals surface area (Å²) < 4.78 is 0. The molecule has 1 amide bonds. The first-order valence-electron chi connectivity index (χ1n) is 8.92. The molecule has 1 fully saturated rings. The van der Waals surface area contributed by atoms with Crippen LogP contribution < -0.4 is 10.2 Å². The first-order chi connectivity index (χ1) is 12.0. The number of amides is 1. The summed E-state index contributed by atoms with van der Waals surface area (Å²) in [6.45, 7) is 7.87. The first-order valence-corrected chi connectivity index (χ1v) is 8.92. The lowest BCUT2D eigenvalue weighted by Crippen LogP contribution is -2.41. The minimum atomic E-state index is 0.0843. The van der Waals surface area contributed by atoms with Crippen LogP contribution in [0.5, 0.6) is 0 Å². The van der Waals surface area contributed by atoms with E-state index in [1.807, 2.05) is 12.1 Å². The monoisotopic (exact) mass is 338 g/mol. The van der Waals surface area contributed by atoms with Gasteiger partial charge in [-0.2, -0.15) is 5.10 Å². The highest BCUT2D eigenvalue weighted by Crippen LogP contribution is 2.22. The molecule has 0 unspecified atom stereocenters. The molecule has 2 heterocycles. The summed E-state index contributed by atoms with van der Waals surface area (Å²) in [6, 6.07) is 8.46. The van der Waals surface area contributed by atoms with E-state index in [1.165, 1.54) is 16.7 Å². The van der Waals surface area contributed by atoms with Crippen molar-refractivity contribution in [3.63, 3.8) is 0 Å². The molecule has 25 heavy (non-hydrogen) atoms. The molecule has 1 atom stereocenters. The van der Waals surface area contributed by atoms with Crippen LogP contribution >= 0.6 is 0 Å². The number of nitrogens with one attached hydrogen (secondary N) is 1. The van der Waals surface area contributed by atoms with Crippen molar-refractivity contribution in [2.45, 2.75) is 46.1 Å². The lowest BCUT2D eigenvalue weighted by Gasteiger charge is -2.25. The van der Waals surface area contributed by atoms with Gasteiger partial charge in [0.2, 0.25) is 5.91 Å². The SMILES string of the molecule is Cc1cc(C)c(CC(=O)NC[C@@H]2CCCN2c2cccnn2)c(C)c1. The summed E-state index contributed by atoms with van der Waals surface area (Å²) in [5.41, 5.74) is 4.76. The van der Waals surface area contributed by atoms with Gasteiger partial charge in [-0.05, 0) is 62.4 Å². The Labute approximate surface area is 149 Å². The number of hydrogen-bond donors (Lipinski definition) is 1. The van der Waals surface area contributed by atoms with E-state index in [1.54, 1.807) is 6.20 Å². The zero-order valence-corrected chi connectivity index (χ0v) is 15.2. The minimum Gasteiger partial charge on any atom is -0.354 e. The van der Waals surface area contributed by atoms with Gasteiger partial charge in [0.15, 0.2) is 5.82 Å². The average molecular weight is 338 g/mol. The van der Waals surface area contributed by atoms with Crippen LogP contribution in [0, 0.1) is 20.8 Å². The number of benzene rings is 1. The Balaban J connectivity index is 1.59. The van der Waals surface area contributed by atoms with Crippen molar-refractivity contribution >= 4 is 11.7 Å².